The Kier molecular flexibility index (Phi) is 4.53. The first-order valence-electron chi connectivity index (χ1n) is 7.20. The zero-order valence-electron chi connectivity index (χ0n) is 12.0. The van der Waals surface area contributed by atoms with Gasteiger partial charge in [-0.25, -0.2) is 4.79 Å². The average molecular weight is 318 g/mol. The number of hydrogen-bond acceptors (Lipinski definition) is 4. The predicted molar refractivity (Wildman–Crippen MR) is 82.4 cm³/mol. The first-order valence-corrected chi connectivity index (χ1v) is 7.58. The Morgan fingerprint density at radius 2 is 2.05 bits per heavy atom. The van der Waals surface area contributed by atoms with Crippen molar-refractivity contribution < 1.29 is 9.53 Å². The molecule has 5 nitrogen and oxygen atoms in total. The molecule has 114 valence electrons. The summed E-state index contributed by atoms with van der Waals surface area (Å²) >= 11 is 5.76. The summed E-state index contributed by atoms with van der Waals surface area (Å²) < 4.78 is 5.40. The van der Waals surface area contributed by atoms with Gasteiger partial charge in [0, 0.05) is 6.54 Å². The van der Waals surface area contributed by atoms with Crippen molar-refractivity contribution in [3.63, 3.8) is 0 Å². The molecular formula is C16H16ClN3O2. The molecule has 1 atom stereocenters. The van der Waals surface area contributed by atoms with Crippen LogP contribution in [0, 0.1) is 0 Å². The number of ether oxygens (including phenoxy) is 1. The maximum absolute atomic E-state index is 12.3. The van der Waals surface area contributed by atoms with Crippen molar-refractivity contribution in [2.45, 2.75) is 25.5 Å². The van der Waals surface area contributed by atoms with E-state index in [1.807, 2.05) is 36.4 Å². The number of carbonyl (C=O) groups excluding carboxylic acids is 1. The van der Waals surface area contributed by atoms with E-state index >= 15 is 0 Å². The molecule has 0 N–H and O–H groups in total. The molecule has 22 heavy (non-hydrogen) atoms. The van der Waals surface area contributed by atoms with Crippen molar-refractivity contribution in [1.29, 1.82) is 0 Å². The molecule has 1 aromatic heterocycles. The number of hydrogen-bond donors (Lipinski definition) is 0. The Morgan fingerprint density at radius 3 is 2.77 bits per heavy atom. The van der Waals surface area contributed by atoms with Gasteiger partial charge in [0.2, 0.25) is 0 Å². The van der Waals surface area contributed by atoms with Gasteiger partial charge in [-0.05, 0) is 30.5 Å². The number of nitrogens with zero attached hydrogens (tertiary/aromatic N) is 3. The second-order valence-corrected chi connectivity index (χ2v) is 5.56. The summed E-state index contributed by atoms with van der Waals surface area (Å²) in [7, 11) is 0. The molecular weight excluding hydrogens is 302 g/mol. The van der Waals surface area contributed by atoms with Crippen LogP contribution in [-0.4, -0.2) is 27.7 Å². The van der Waals surface area contributed by atoms with Crippen LogP contribution in [0.3, 0.4) is 0 Å². The molecule has 0 spiro atoms. The smallest absolute Gasteiger partial charge is 0.410 e. The van der Waals surface area contributed by atoms with E-state index in [2.05, 4.69) is 10.2 Å². The quantitative estimate of drug-likeness (QED) is 0.868. The van der Waals surface area contributed by atoms with Crippen LogP contribution >= 0.6 is 11.6 Å². The predicted octanol–water partition coefficient (Wildman–Crippen LogP) is 3.60. The summed E-state index contributed by atoms with van der Waals surface area (Å²) in [5, 5.41) is 8.27. The minimum Gasteiger partial charge on any atom is -0.445 e. The minimum absolute atomic E-state index is 0.0898. The van der Waals surface area contributed by atoms with Crippen LogP contribution in [-0.2, 0) is 11.3 Å². The lowest BCUT2D eigenvalue weighted by atomic mass is 10.1. The van der Waals surface area contributed by atoms with Gasteiger partial charge in [-0.2, -0.15) is 5.10 Å². The molecule has 1 saturated heterocycles. The minimum atomic E-state index is -0.317. The van der Waals surface area contributed by atoms with E-state index in [-0.39, 0.29) is 18.7 Å². The van der Waals surface area contributed by atoms with Gasteiger partial charge in [-0.3, -0.25) is 4.90 Å². The van der Waals surface area contributed by atoms with Crippen LogP contribution in [0.15, 0.2) is 42.5 Å². The fourth-order valence-corrected chi connectivity index (χ4v) is 2.70. The molecule has 0 radical (unpaired) electrons. The standard InChI is InChI=1S/C16H16ClN3O2/c17-15-9-8-13(18-19-15)14-7-4-10-20(14)16(21)22-11-12-5-2-1-3-6-12/h1-3,5-6,8-9,14H,4,7,10-11H2/t14-/m0/s1. The average Bonchev–Trinajstić information content (AvgIpc) is 3.04. The number of carbonyl (C=O) groups is 1. The molecule has 0 aliphatic carbocycles. The Hall–Kier alpha value is -2.14. The summed E-state index contributed by atoms with van der Waals surface area (Å²) in [6.07, 6.45) is 1.47. The molecule has 0 bridgehead atoms. The lowest BCUT2D eigenvalue weighted by Crippen LogP contribution is -2.31. The zero-order chi connectivity index (χ0) is 15.4. The van der Waals surface area contributed by atoms with E-state index in [1.165, 1.54) is 0 Å². The van der Waals surface area contributed by atoms with Crippen LogP contribution in [0.4, 0.5) is 4.79 Å². The lowest BCUT2D eigenvalue weighted by molar-refractivity contribution is 0.0914. The van der Waals surface area contributed by atoms with Crippen molar-refractivity contribution >= 4 is 17.7 Å². The highest BCUT2D eigenvalue weighted by molar-refractivity contribution is 6.29. The number of likely N-dealkylation sites (tertiary alicyclic amines) is 1. The zero-order valence-corrected chi connectivity index (χ0v) is 12.7. The Labute approximate surface area is 133 Å². The van der Waals surface area contributed by atoms with Gasteiger partial charge < -0.3 is 4.74 Å². The Balaban J connectivity index is 1.65. The Morgan fingerprint density at radius 1 is 1.23 bits per heavy atom. The van der Waals surface area contributed by atoms with Gasteiger partial charge in [0.05, 0.1) is 11.7 Å². The summed E-state index contributed by atoms with van der Waals surface area (Å²) in [6.45, 7) is 0.942. The normalized spacial score (nSPS) is 17.5. The fraction of sp³-hybridized carbons (Fsp3) is 0.312. The van der Waals surface area contributed by atoms with E-state index in [1.54, 1.807) is 11.0 Å². The van der Waals surface area contributed by atoms with Crippen molar-refractivity contribution in [3.8, 4) is 0 Å². The monoisotopic (exact) mass is 317 g/mol. The summed E-state index contributed by atoms with van der Waals surface area (Å²) in [5.74, 6) is 0. The highest BCUT2D eigenvalue weighted by Crippen LogP contribution is 2.31. The largest absolute Gasteiger partial charge is 0.445 e. The van der Waals surface area contributed by atoms with Crippen LogP contribution in [0.5, 0.6) is 0 Å². The van der Waals surface area contributed by atoms with E-state index < -0.39 is 0 Å². The molecule has 1 amide bonds. The molecule has 2 heterocycles. The summed E-state index contributed by atoms with van der Waals surface area (Å²) in [6, 6.07) is 13.0. The van der Waals surface area contributed by atoms with Crippen molar-refractivity contribution in [2.24, 2.45) is 0 Å². The maximum atomic E-state index is 12.3. The molecule has 2 aromatic rings. The van der Waals surface area contributed by atoms with Gasteiger partial charge in [0.1, 0.15) is 6.61 Å². The molecule has 6 heteroatoms. The maximum Gasteiger partial charge on any atom is 0.410 e. The van der Waals surface area contributed by atoms with Crippen molar-refractivity contribution in [2.75, 3.05) is 6.54 Å². The van der Waals surface area contributed by atoms with Gasteiger partial charge in [-0.1, -0.05) is 41.9 Å². The highest BCUT2D eigenvalue weighted by atomic mass is 35.5. The number of rotatable bonds is 3. The molecule has 1 aliphatic rings. The second-order valence-electron chi connectivity index (χ2n) is 5.17. The van der Waals surface area contributed by atoms with Crippen LogP contribution < -0.4 is 0 Å². The van der Waals surface area contributed by atoms with Crippen LogP contribution in [0.1, 0.15) is 30.1 Å². The third-order valence-electron chi connectivity index (χ3n) is 3.69. The topological polar surface area (TPSA) is 55.3 Å². The third kappa shape index (κ3) is 3.36. The number of amides is 1. The Bertz CT molecular complexity index is 634. The van der Waals surface area contributed by atoms with Crippen LogP contribution in [0.2, 0.25) is 5.15 Å². The molecule has 0 unspecified atom stereocenters. The molecule has 3 rings (SSSR count). The second kappa shape index (κ2) is 6.75. The summed E-state index contributed by atoms with van der Waals surface area (Å²) in [4.78, 5) is 14.0. The van der Waals surface area contributed by atoms with Gasteiger partial charge in [-0.15, -0.1) is 5.10 Å². The van der Waals surface area contributed by atoms with Gasteiger partial charge in [0.15, 0.2) is 5.15 Å². The van der Waals surface area contributed by atoms with Gasteiger partial charge in [0.25, 0.3) is 0 Å². The fourth-order valence-electron chi connectivity index (χ4n) is 2.60. The molecule has 1 aromatic carbocycles. The van der Waals surface area contributed by atoms with E-state index in [4.69, 9.17) is 16.3 Å². The van der Waals surface area contributed by atoms with E-state index in [0.717, 1.165) is 24.1 Å². The van der Waals surface area contributed by atoms with E-state index in [9.17, 15) is 4.79 Å². The number of aromatic nitrogens is 2. The van der Waals surface area contributed by atoms with Crippen molar-refractivity contribution in [3.05, 3.63) is 58.9 Å². The van der Waals surface area contributed by atoms with Gasteiger partial charge >= 0.3 is 6.09 Å². The first kappa shape index (κ1) is 14.8. The molecule has 0 saturated carbocycles. The highest BCUT2D eigenvalue weighted by Gasteiger charge is 2.32. The number of halogens is 1. The summed E-state index contributed by atoms with van der Waals surface area (Å²) in [5.41, 5.74) is 1.72. The molecule has 1 fully saturated rings. The first-order chi connectivity index (χ1) is 10.7. The van der Waals surface area contributed by atoms with Crippen molar-refractivity contribution in [1.82, 2.24) is 15.1 Å². The van der Waals surface area contributed by atoms with E-state index in [0.29, 0.717) is 11.7 Å². The molecule has 1 aliphatic heterocycles. The third-order valence-corrected chi connectivity index (χ3v) is 3.89. The SMILES string of the molecule is O=C(OCc1ccccc1)N1CCC[C@H]1c1ccc(Cl)nn1. The lowest BCUT2D eigenvalue weighted by Gasteiger charge is -2.23. The van der Waals surface area contributed by atoms with Crippen LogP contribution in [0.25, 0.3) is 0 Å². The number of benzene rings is 1.